The fourth-order valence-corrected chi connectivity index (χ4v) is 3.01. The zero-order chi connectivity index (χ0) is 13.9. The van der Waals surface area contributed by atoms with E-state index >= 15 is 0 Å². The molecule has 0 spiro atoms. The van der Waals surface area contributed by atoms with Gasteiger partial charge in [-0.2, -0.15) is 0 Å². The van der Waals surface area contributed by atoms with Crippen molar-refractivity contribution < 1.29 is 9.90 Å². The van der Waals surface area contributed by atoms with Crippen molar-refractivity contribution in [2.75, 3.05) is 13.1 Å². The number of hydrogen-bond acceptors (Lipinski definition) is 3. The second-order valence-electron chi connectivity index (χ2n) is 5.67. The summed E-state index contributed by atoms with van der Waals surface area (Å²) < 4.78 is 0. The first kappa shape index (κ1) is 13.3. The summed E-state index contributed by atoms with van der Waals surface area (Å²) in [5.41, 5.74) is 2.23. The van der Waals surface area contributed by atoms with Gasteiger partial charge >= 0.3 is 5.97 Å². The zero-order valence-electron chi connectivity index (χ0n) is 11.6. The Morgan fingerprint density at radius 1 is 1.35 bits per heavy atom. The van der Waals surface area contributed by atoms with Crippen LogP contribution >= 0.6 is 0 Å². The molecule has 1 N–H and O–H groups in total. The fourth-order valence-electron chi connectivity index (χ4n) is 3.01. The van der Waals surface area contributed by atoms with Crippen molar-refractivity contribution in [2.24, 2.45) is 0 Å². The molecule has 2 fully saturated rings. The molecule has 1 aliphatic carbocycles. The van der Waals surface area contributed by atoms with Crippen LogP contribution in [0, 0.1) is 0 Å². The normalized spacial score (nSPS) is 20.5. The number of carboxylic acids is 1. The van der Waals surface area contributed by atoms with E-state index in [-0.39, 0.29) is 5.69 Å². The third-order valence-corrected chi connectivity index (χ3v) is 4.43. The highest BCUT2D eigenvalue weighted by molar-refractivity contribution is 5.90. The number of aromatic carboxylic acids is 1. The number of pyridine rings is 1. The number of hydrogen-bond donors (Lipinski definition) is 1. The molecule has 0 radical (unpaired) electrons. The second kappa shape index (κ2) is 5.75. The largest absolute Gasteiger partial charge is 0.476 e. The number of rotatable bonds is 3. The summed E-state index contributed by atoms with van der Waals surface area (Å²) in [6.07, 6.45) is 9.73. The Kier molecular flexibility index (Phi) is 3.83. The minimum absolute atomic E-state index is 0.154. The van der Waals surface area contributed by atoms with Crippen LogP contribution in [0.25, 0.3) is 6.08 Å². The van der Waals surface area contributed by atoms with Gasteiger partial charge in [0.25, 0.3) is 0 Å². The molecule has 3 rings (SSSR count). The molecular formula is C16H20N2O2. The van der Waals surface area contributed by atoms with Crippen LogP contribution in [0.5, 0.6) is 0 Å². The summed E-state index contributed by atoms with van der Waals surface area (Å²) in [6.45, 7) is 2.22. The molecule has 0 amide bonds. The van der Waals surface area contributed by atoms with Gasteiger partial charge in [-0.1, -0.05) is 24.1 Å². The maximum atomic E-state index is 11.2. The summed E-state index contributed by atoms with van der Waals surface area (Å²) in [5.74, 6) is -0.954. The van der Waals surface area contributed by atoms with Crippen molar-refractivity contribution in [1.29, 1.82) is 0 Å². The van der Waals surface area contributed by atoms with Gasteiger partial charge in [0, 0.05) is 30.9 Å². The first-order valence-electron chi connectivity index (χ1n) is 7.36. The van der Waals surface area contributed by atoms with Crippen molar-refractivity contribution in [2.45, 2.75) is 38.1 Å². The van der Waals surface area contributed by atoms with E-state index < -0.39 is 5.97 Å². The minimum Gasteiger partial charge on any atom is -0.476 e. The Hall–Kier alpha value is -1.68. The van der Waals surface area contributed by atoms with Crippen LogP contribution in [0.15, 0.2) is 23.9 Å². The molecule has 1 aromatic rings. The summed E-state index contributed by atoms with van der Waals surface area (Å²) in [4.78, 5) is 17.7. The molecule has 2 aliphatic rings. The first-order valence-corrected chi connectivity index (χ1v) is 7.36. The van der Waals surface area contributed by atoms with Gasteiger partial charge in [0.05, 0.1) is 0 Å². The van der Waals surface area contributed by atoms with Crippen molar-refractivity contribution in [3.8, 4) is 0 Å². The van der Waals surface area contributed by atoms with Crippen molar-refractivity contribution in [1.82, 2.24) is 9.88 Å². The fraction of sp³-hybridized carbons (Fsp3) is 0.500. The van der Waals surface area contributed by atoms with Crippen LogP contribution in [0.4, 0.5) is 0 Å². The van der Waals surface area contributed by atoms with Crippen LogP contribution in [0.2, 0.25) is 0 Å². The Balaban J connectivity index is 1.69. The Morgan fingerprint density at radius 3 is 2.70 bits per heavy atom. The van der Waals surface area contributed by atoms with E-state index in [9.17, 15) is 4.79 Å². The third-order valence-electron chi connectivity index (χ3n) is 4.43. The van der Waals surface area contributed by atoms with Crippen LogP contribution in [0.3, 0.4) is 0 Å². The third kappa shape index (κ3) is 2.75. The zero-order valence-corrected chi connectivity index (χ0v) is 11.6. The van der Waals surface area contributed by atoms with E-state index in [0.717, 1.165) is 37.5 Å². The standard InChI is InChI=1S/C16H20N2O2/c19-16(20)15-13(3-2-8-17-15)11-12-6-9-18(10-7-12)14-4-1-5-14/h2-3,8,11,14H,1,4-7,9-10H2,(H,19,20). The lowest BCUT2D eigenvalue weighted by molar-refractivity contribution is 0.0690. The predicted molar refractivity (Wildman–Crippen MR) is 77.6 cm³/mol. The molecule has 0 unspecified atom stereocenters. The van der Waals surface area contributed by atoms with Crippen LogP contribution < -0.4 is 0 Å². The molecule has 0 aromatic carbocycles. The molecule has 0 atom stereocenters. The van der Waals surface area contributed by atoms with Gasteiger partial charge in [0.15, 0.2) is 5.69 Å². The molecule has 2 heterocycles. The molecule has 1 saturated carbocycles. The topological polar surface area (TPSA) is 53.4 Å². The highest BCUT2D eigenvalue weighted by Crippen LogP contribution is 2.29. The molecule has 1 aromatic heterocycles. The van der Waals surface area contributed by atoms with Crippen LogP contribution in [-0.4, -0.2) is 40.1 Å². The Labute approximate surface area is 119 Å². The van der Waals surface area contributed by atoms with Crippen molar-refractivity contribution >= 4 is 12.0 Å². The van der Waals surface area contributed by atoms with Crippen LogP contribution in [0.1, 0.15) is 48.2 Å². The monoisotopic (exact) mass is 272 g/mol. The molecule has 0 bridgehead atoms. The molecule has 4 nitrogen and oxygen atoms in total. The summed E-state index contributed by atoms with van der Waals surface area (Å²) in [5, 5.41) is 9.15. The van der Waals surface area contributed by atoms with Gasteiger partial charge in [-0.25, -0.2) is 9.78 Å². The SMILES string of the molecule is O=C(O)c1ncccc1C=C1CCN(C2CCC2)CC1. The number of carbonyl (C=O) groups is 1. The lowest BCUT2D eigenvalue weighted by Crippen LogP contribution is -2.43. The lowest BCUT2D eigenvalue weighted by Gasteiger charge is -2.40. The average Bonchev–Trinajstić information content (AvgIpc) is 2.39. The number of piperidine rings is 1. The second-order valence-corrected chi connectivity index (χ2v) is 5.67. The summed E-state index contributed by atoms with van der Waals surface area (Å²) >= 11 is 0. The highest BCUT2D eigenvalue weighted by Gasteiger charge is 2.26. The lowest BCUT2D eigenvalue weighted by atomic mass is 9.89. The smallest absolute Gasteiger partial charge is 0.355 e. The number of nitrogens with zero attached hydrogens (tertiary/aromatic N) is 2. The molecule has 1 aliphatic heterocycles. The van der Waals surface area contributed by atoms with Gasteiger partial charge in [-0.3, -0.25) is 4.90 Å². The summed E-state index contributed by atoms with van der Waals surface area (Å²) in [6, 6.07) is 4.44. The average molecular weight is 272 g/mol. The van der Waals surface area contributed by atoms with Crippen molar-refractivity contribution in [3.63, 3.8) is 0 Å². The highest BCUT2D eigenvalue weighted by atomic mass is 16.4. The molecule has 106 valence electrons. The van der Waals surface area contributed by atoms with E-state index in [1.54, 1.807) is 6.07 Å². The Bertz CT molecular complexity index is 525. The van der Waals surface area contributed by atoms with E-state index in [2.05, 4.69) is 9.88 Å². The van der Waals surface area contributed by atoms with E-state index in [1.165, 1.54) is 31.0 Å². The van der Waals surface area contributed by atoms with Gasteiger partial charge in [-0.15, -0.1) is 0 Å². The van der Waals surface area contributed by atoms with Gasteiger partial charge in [0.2, 0.25) is 0 Å². The number of aromatic nitrogens is 1. The van der Waals surface area contributed by atoms with Crippen LogP contribution in [-0.2, 0) is 0 Å². The maximum absolute atomic E-state index is 11.2. The van der Waals surface area contributed by atoms with E-state index in [1.807, 2.05) is 12.1 Å². The summed E-state index contributed by atoms with van der Waals surface area (Å²) in [7, 11) is 0. The van der Waals surface area contributed by atoms with E-state index in [0.29, 0.717) is 0 Å². The maximum Gasteiger partial charge on any atom is 0.355 e. The van der Waals surface area contributed by atoms with Gasteiger partial charge in [0.1, 0.15) is 0 Å². The van der Waals surface area contributed by atoms with Crippen molar-refractivity contribution in [3.05, 3.63) is 35.2 Å². The Morgan fingerprint density at radius 2 is 2.10 bits per heavy atom. The molecule has 1 saturated heterocycles. The first-order chi connectivity index (χ1) is 9.74. The predicted octanol–water partition coefficient (Wildman–Crippen LogP) is 2.81. The molecular weight excluding hydrogens is 252 g/mol. The number of carboxylic acid groups (broad SMARTS) is 1. The molecule has 4 heteroatoms. The van der Waals surface area contributed by atoms with Gasteiger partial charge in [-0.05, 0) is 31.7 Å². The van der Waals surface area contributed by atoms with E-state index in [4.69, 9.17) is 5.11 Å². The van der Waals surface area contributed by atoms with Gasteiger partial charge < -0.3 is 5.11 Å². The number of likely N-dealkylation sites (tertiary alicyclic amines) is 1. The quantitative estimate of drug-likeness (QED) is 0.919. The molecule has 20 heavy (non-hydrogen) atoms. The minimum atomic E-state index is -0.954.